The quantitative estimate of drug-likeness (QED) is 0.552. The molecular formula is C22H22Cl2F2N6O. The Morgan fingerprint density at radius 2 is 1.85 bits per heavy atom. The molecule has 1 fully saturated rings. The van der Waals surface area contributed by atoms with Crippen LogP contribution < -0.4 is 5.32 Å². The summed E-state index contributed by atoms with van der Waals surface area (Å²) in [5.41, 5.74) is 1.38. The van der Waals surface area contributed by atoms with E-state index in [1.807, 2.05) is 0 Å². The minimum atomic E-state index is -3.00. The normalized spacial score (nSPS) is 20.0. The molecule has 2 aromatic heterocycles. The number of alkyl halides is 2. The standard InChI is InChI=1S/C22H22Cl2F2N6O/c1-13-7-22(25,26)12-32(18(13)10-29-21-27-8-16(24)9-28-21)20(33)19-17(11-31(2)30-19)14-3-5-15(23)6-4-14/h3-6,8-9,11,13,18H,7,10,12H2,1-2H3,(H,27,28,29)/t13-,18?/m1/s1. The summed E-state index contributed by atoms with van der Waals surface area (Å²) in [5.74, 6) is -3.73. The van der Waals surface area contributed by atoms with Gasteiger partial charge in [-0.2, -0.15) is 5.10 Å². The van der Waals surface area contributed by atoms with Gasteiger partial charge in [0, 0.05) is 36.8 Å². The van der Waals surface area contributed by atoms with E-state index in [0.717, 1.165) is 5.56 Å². The number of aryl methyl sites for hydroxylation is 1. The van der Waals surface area contributed by atoms with Gasteiger partial charge >= 0.3 is 0 Å². The molecule has 4 rings (SSSR count). The predicted molar refractivity (Wildman–Crippen MR) is 123 cm³/mol. The Bertz CT molecular complexity index is 1140. The van der Waals surface area contributed by atoms with Crippen molar-refractivity contribution >= 4 is 35.1 Å². The molecule has 2 atom stereocenters. The lowest BCUT2D eigenvalue weighted by molar-refractivity contribution is -0.0898. The van der Waals surface area contributed by atoms with E-state index in [9.17, 15) is 13.6 Å². The molecule has 1 amide bonds. The summed E-state index contributed by atoms with van der Waals surface area (Å²) < 4.78 is 30.6. The largest absolute Gasteiger partial charge is 0.352 e. The molecule has 0 aliphatic carbocycles. The maximum absolute atomic E-state index is 14.5. The molecule has 0 saturated carbocycles. The third-order valence-electron chi connectivity index (χ3n) is 5.62. The number of likely N-dealkylation sites (tertiary alicyclic amines) is 1. The zero-order chi connectivity index (χ0) is 23.8. The summed E-state index contributed by atoms with van der Waals surface area (Å²) in [5, 5.41) is 8.27. The number of anilines is 1. The average molecular weight is 495 g/mol. The highest BCUT2D eigenvalue weighted by Gasteiger charge is 2.46. The summed E-state index contributed by atoms with van der Waals surface area (Å²) in [6.07, 6.45) is 4.24. The highest BCUT2D eigenvalue weighted by Crippen LogP contribution is 2.36. The molecule has 1 aliphatic rings. The van der Waals surface area contributed by atoms with Crippen LogP contribution in [-0.4, -0.2) is 55.6 Å². The molecule has 1 N–H and O–H groups in total. The van der Waals surface area contributed by atoms with Gasteiger partial charge in [-0.3, -0.25) is 9.48 Å². The van der Waals surface area contributed by atoms with Gasteiger partial charge < -0.3 is 10.2 Å². The second-order valence-electron chi connectivity index (χ2n) is 8.22. The van der Waals surface area contributed by atoms with Crippen molar-refractivity contribution in [3.63, 3.8) is 0 Å². The minimum Gasteiger partial charge on any atom is -0.352 e. The number of amides is 1. The van der Waals surface area contributed by atoms with Gasteiger partial charge in [-0.05, 0) is 23.6 Å². The van der Waals surface area contributed by atoms with Crippen LogP contribution in [0.2, 0.25) is 10.0 Å². The van der Waals surface area contributed by atoms with Crippen LogP contribution in [0, 0.1) is 5.92 Å². The maximum Gasteiger partial charge on any atom is 0.275 e. The van der Waals surface area contributed by atoms with Crippen LogP contribution in [0.25, 0.3) is 11.1 Å². The average Bonchev–Trinajstić information content (AvgIpc) is 3.15. The van der Waals surface area contributed by atoms with Gasteiger partial charge in [0.15, 0.2) is 5.69 Å². The number of hydrogen-bond donors (Lipinski definition) is 1. The number of nitrogens with one attached hydrogen (secondary N) is 1. The van der Waals surface area contributed by atoms with Crippen LogP contribution in [-0.2, 0) is 7.05 Å². The topological polar surface area (TPSA) is 75.9 Å². The van der Waals surface area contributed by atoms with E-state index < -0.39 is 30.3 Å². The molecule has 0 spiro atoms. The number of carbonyl (C=O) groups excluding carboxylic acids is 1. The molecule has 1 saturated heterocycles. The zero-order valence-corrected chi connectivity index (χ0v) is 19.5. The summed E-state index contributed by atoms with van der Waals surface area (Å²) in [7, 11) is 1.68. The smallest absolute Gasteiger partial charge is 0.275 e. The van der Waals surface area contributed by atoms with Gasteiger partial charge in [-0.25, -0.2) is 18.7 Å². The summed E-state index contributed by atoms with van der Waals surface area (Å²) in [6, 6.07) is 6.42. The Morgan fingerprint density at radius 1 is 1.18 bits per heavy atom. The molecule has 0 bridgehead atoms. The molecule has 3 aromatic rings. The molecule has 7 nitrogen and oxygen atoms in total. The van der Waals surface area contributed by atoms with Crippen LogP contribution in [0.5, 0.6) is 0 Å². The lowest BCUT2D eigenvalue weighted by Gasteiger charge is -2.43. The number of rotatable bonds is 5. The van der Waals surface area contributed by atoms with Crippen LogP contribution in [0.3, 0.4) is 0 Å². The van der Waals surface area contributed by atoms with Gasteiger partial charge in [0.2, 0.25) is 5.95 Å². The van der Waals surface area contributed by atoms with Crippen LogP contribution >= 0.6 is 23.2 Å². The number of aromatic nitrogens is 4. The Kier molecular flexibility index (Phi) is 6.54. The molecular weight excluding hydrogens is 473 g/mol. The molecule has 33 heavy (non-hydrogen) atoms. The van der Waals surface area contributed by atoms with E-state index in [1.54, 1.807) is 44.4 Å². The van der Waals surface area contributed by atoms with Gasteiger partial charge in [-0.15, -0.1) is 0 Å². The first-order chi connectivity index (χ1) is 15.6. The van der Waals surface area contributed by atoms with E-state index >= 15 is 0 Å². The number of nitrogens with zero attached hydrogens (tertiary/aromatic N) is 5. The third-order valence-corrected chi connectivity index (χ3v) is 6.06. The second-order valence-corrected chi connectivity index (χ2v) is 9.09. The van der Waals surface area contributed by atoms with Gasteiger partial charge in [-0.1, -0.05) is 42.3 Å². The van der Waals surface area contributed by atoms with Crippen molar-refractivity contribution in [3.05, 3.63) is 58.6 Å². The van der Waals surface area contributed by atoms with E-state index in [0.29, 0.717) is 21.6 Å². The van der Waals surface area contributed by atoms with Crippen LogP contribution in [0.15, 0.2) is 42.9 Å². The Morgan fingerprint density at radius 3 is 2.52 bits per heavy atom. The van der Waals surface area contributed by atoms with Crippen molar-refractivity contribution in [3.8, 4) is 11.1 Å². The molecule has 174 valence electrons. The van der Waals surface area contributed by atoms with E-state index in [-0.39, 0.29) is 18.7 Å². The molecule has 1 aliphatic heterocycles. The molecule has 1 unspecified atom stereocenters. The first-order valence-corrected chi connectivity index (χ1v) is 11.1. The van der Waals surface area contributed by atoms with E-state index in [4.69, 9.17) is 23.2 Å². The Hall–Kier alpha value is -2.78. The molecule has 3 heterocycles. The van der Waals surface area contributed by atoms with Crippen LogP contribution in [0.1, 0.15) is 23.8 Å². The lowest BCUT2D eigenvalue weighted by Crippen LogP contribution is -2.57. The second kappa shape index (κ2) is 9.23. The molecule has 11 heteroatoms. The van der Waals surface area contributed by atoms with E-state index in [1.165, 1.54) is 22.0 Å². The summed E-state index contributed by atoms with van der Waals surface area (Å²) in [6.45, 7) is 1.22. The van der Waals surface area contributed by atoms with Crippen molar-refractivity contribution in [1.29, 1.82) is 0 Å². The summed E-state index contributed by atoms with van der Waals surface area (Å²) in [4.78, 5) is 22.9. The van der Waals surface area contributed by atoms with Crippen molar-refractivity contribution in [2.45, 2.75) is 25.3 Å². The van der Waals surface area contributed by atoms with Crippen molar-refractivity contribution < 1.29 is 13.6 Å². The number of carbonyl (C=O) groups is 1. The highest BCUT2D eigenvalue weighted by atomic mass is 35.5. The third kappa shape index (κ3) is 5.25. The van der Waals surface area contributed by atoms with Crippen molar-refractivity contribution in [1.82, 2.24) is 24.6 Å². The monoisotopic (exact) mass is 494 g/mol. The number of hydrogen-bond acceptors (Lipinski definition) is 5. The van der Waals surface area contributed by atoms with Gasteiger partial charge in [0.1, 0.15) is 0 Å². The van der Waals surface area contributed by atoms with Crippen molar-refractivity contribution in [2.24, 2.45) is 13.0 Å². The van der Waals surface area contributed by atoms with E-state index in [2.05, 4.69) is 20.4 Å². The fourth-order valence-corrected chi connectivity index (χ4v) is 4.33. The molecule has 1 aromatic carbocycles. The first-order valence-electron chi connectivity index (χ1n) is 10.3. The predicted octanol–water partition coefficient (Wildman–Crippen LogP) is 4.78. The fourth-order valence-electron chi connectivity index (χ4n) is 4.10. The Labute approximate surface area is 199 Å². The highest BCUT2D eigenvalue weighted by molar-refractivity contribution is 6.30. The first kappa shape index (κ1) is 23.4. The minimum absolute atomic E-state index is 0.109. The zero-order valence-electron chi connectivity index (χ0n) is 18.0. The fraction of sp³-hybridized carbons (Fsp3) is 0.364. The van der Waals surface area contributed by atoms with Crippen molar-refractivity contribution in [2.75, 3.05) is 18.4 Å². The number of halogens is 4. The van der Waals surface area contributed by atoms with Crippen LogP contribution in [0.4, 0.5) is 14.7 Å². The lowest BCUT2D eigenvalue weighted by atomic mass is 9.88. The SMILES string of the molecule is C[C@@H]1CC(F)(F)CN(C(=O)c2nn(C)cc2-c2ccc(Cl)cc2)C1CNc1ncc(Cl)cn1. The summed E-state index contributed by atoms with van der Waals surface area (Å²) >= 11 is 11.8. The van der Waals surface area contributed by atoms with Gasteiger partial charge in [0.25, 0.3) is 11.8 Å². The molecule has 0 radical (unpaired) electrons. The maximum atomic E-state index is 14.5. The Balaban J connectivity index is 1.64. The number of benzene rings is 1. The van der Waals surface area contributed by atoms with Gasteiger partial charge in [0.05, 0.1) is 30.0 Å². The number of piperidine rings is 1.